The summed E-state index contributed by atoms with van der Waals surface area (Å²) in [7, 11) is 0. The number of nitrogens with zero attached hydrogens (tertiary/aromatic N) is 4. The summed E-state index contributed by atoms with van der Waals surface area (Å²) < 4.78 is 15.1. The Morgan fingerprint density at radius 3 is 2.82 bits per heavy atom. The van der Waals surface area contributed by atoms with Crippen molar-refractivity contribution in [2.24, 2.45) is 0 Å². The van der Waals surface area contributed by atoms with Gasteiger partial charge >= 0.3 is 0 Å². The minimum absolute atomic E-state index is 0.190. The maximum atomic E-state index is 13.4. The van der Waals surface area contributed by atoms with Gasteiger partial charge in [0.15, 0.2) is 5.82 Å². The fourth-order valence-corrected chi connectivity index (χ4v) is 2.27. The zero-order valence-electron chi connectivity index (χ0n) is 12.1. The molecule has 0 saturated carbocycles. The van der Waals surface area contributed by atoms with E-state index in [2.05, 4.69) is 15.1 Å². The molecule has 1 N–H and O–H groups in total. The van der Waals surface area contributed by atoms with Crippen molar-refractivity contribution < 1.29 is 9.50 Å². The molecule has 2 aromatic heterocycles. The summed E-state index contributed by atoms with van der Waals surface area (Å²) in [6.45, 7) is 2.02. The lowest BCUT2D eigenvalue weighted by atomic mass is 10.0. The normalized spacial score (nSPS) is 10.9. The van der Waals surface area contributed by atoms with Gasteiger partial charge in [0.1, 0.15) is 18.8 Å². The number of aliphatic hydroxyl groups is 1. The van der Waals surface area contributed by atoms with E-state index >= 15 is 0 Å². The van der Waals surface area contributed by atoms with Crippen LogP contribution in [0.15, 0.2) is 42.9 Å². The Balaban J connectivity index is 1.97. The van der Waals surface area contributed by atoms with Crippen LogP contribution in [0.2, 0.25) is 0 Å². The van der Waals surface area contributed by atoms with Crippen molar-refractivity contribution in [3.8, 4) is 11.3 Å². The highest BCUT2D eigenvalue weighted by molar-refractivity contribution is 5.63. The van der Waals surface area contributed by atoms with Crippen LogP contribution in [-0.4, -0.2) is 24.9 Å². The standard InChI is InChI=1S/C16H15FN4O/c1-11-7-12(4-5-14(11)17)16-13(3-2-6-18-16)8-21-10-19-15(9-22)20-21/h2-7,10,22H,8-9H2,1H3. The number of pyridine rings is 1. The van der Waals surface area contributed by atoms with E-state index in [1.807, 2.05) is 12.1 Å². The third-order valence-corrected chi connectivity index (χ3v) is 3.38. The van der Waals surface area contributed by atoms with Crippen molar-refractivity contribution >= 4 is 0 Å². The van der Waals surface area contributed by atoms with E-state index in [9.17, 15) is 4.39 Å². The first-order chi connectivity index (χ1) is 10.7. The van der Waals surface area contributed by atoms with Gasteiger partial charge in [-0.15, -0.1) is 0 Å². The highest BCUT2D eigenvalue weighted by Gasteiger charge is 2.10. The summed E-state index contributed by atoms with van der Waals surface area (Å²) in [6.07, 6.45) is 3.27. The molecule has 0 fully saturated rings. The number of hydrogen-bond donors (Lipinski definition) is 1. The first kappa shape index (κ1) is 14.3. The summed E-state index contributed by atoms with van der Waals surface area (Å²) in [4.78, 5) is 8.40. The van der Waals surface area contributed by atoms with Crippen LogP contribution in [0.3, 0.4) is 0 Å². The quantitative estimate of drug-likeness (QED) is 0.803. The molecule has 0 spiro atoms. The number of rotatable bonds is 4. The fourth-order valence-electron chi connectivity index (χ4n) is 2.27. The Morgan fingerprint density at radius 1 is 1.23 bits per heavy atom. The largest absolute Gasteiger partial charge is 0.388 e. The second-order valence-corrected chi connectivity index (χ2v) is 4.99. The molecule has 0 amide bonds. The van der Waals surface area contributed by atoms with Crippen LogP contribution in [0.25, 0.3) is 11.3 Å². The lowest BCUT2D eigenvalue weighted by molar-refractivity contribution is 0.271. The van der Waals surface area contributed by atoms with Gasteiger partial charge in [-0.05, 0) is 42.3 Å². The zero-order chi connectivity index (χ0) is 15.5. The van der Waals surface area contributed by atoms with E-state index in [-0.39, 0.29) is 12.4 Å². The number of hydrogen-bond acceptors (Lipinski definition) is 4. The first-order valence-corrected chi connectivity index (χ1v) is 6.87. The van der Waals surface area contributed by atoms with Crippen LogP contribution in [0.4, 0.5) is 4.39 Å². The second kappa shape index (κ2) is 6.03. The average molecular weight is 298 g/mol. The number of halogens is 1. The van der Waals surface area contributed by atoms with Gasteiger partial charge in [-0.25, -0.2) is 14.1 Å². The Bertz CT molecular complexity index is 800. The second-order valence-electron chi connectivity index (χ2n) is 4.99. The van der Waals surface area contributed by atoms with Gasteiger partial charge in [-0.3, -0.25) is 4.98 Å². The van der Waals surface area contributed by atoms with Crippen LogP contribution in [0, 0.1) is 12.7 Å². The third kappa shape index (κ3) is 2.87. The molecule has 3 aromatic rings. The molecule has 0 saturated heterocycles. The molecule has 22 heavy (non-hydrogen) atoms. The molecule has 3 rings (SSSR count). The Labute approximate surface area is 127 Å². The molecule has 0 bridgehead atoms. The van der Waals surface area contributed by atoms with E-state index in [1.165, 1.54) is 6.07 Å². The highest BCUT2D eigenvalue weighted by atomic mass is 19.1. The maximum Gasteiger partial charge on any atom is 0.175 e. The molecule has 0 atom stereocenters. The van der Waals surface area contributed by atoms with Crippen molar-refractivity contribution in [3.05, 3.63) is 65.6 Å². The molecule has 1 aromatic carbocycles. The van der Waals surface area contributed by atoms with Crippen LogP contribution in [0.5, 0.6) is 0 Å². The van der Waals surface area contributed by atoms with Crippen molar-refractivity contribution in [1.29, 1.82) is 0 Å². The fraction of sp³-hybridized carbons (Fsp3) is 0.188. The van der Waals surface area contributed by atoms with Crippen molar-refractivity contribution in [3.63, 3.8) is 0 Å². The molecule has 0 aliphatic heterocycles. The van der Waals surface area contributed by atoms with Crippen LogP contribution < -0.4 is 0 Å². The number of aromatic nitrogens is 4. The van der Waals surface area contributed by atoms with Gasteiger partial charge in [0.05, 0.1) is 12.2 Å². The molecule has 0 aliphatic carbocycles. The predicted octanol–water partition coefficient (Wildman–Crippen LogP) is 2.33. The van der Waals surface area contributed by atoms with Gasteiger partial charge in [0.2, 0.25) is 0 Å². The minimum atomic E-state index is -0.231. The number of benzene rings is 1. The van der Waals surface area contributed by atoms with Crippen LogP contribution in [0.1, 0.15) is 17.0 Å². The van der Waals surface area contributed by atoms with E-state index in [1.54, 1.807) is 36.3 Å². The van der Waals surface area contributed by atoms with Gasteiger partial charge in [0.25, 0.3) is 0 Å². The van der Waals surface area contributed by atoms with Crippen molar-refractivity contribution in [1.82, 2.24) is 19.7 Å². The Kier molecular flexibility index (Phi) is 3.93. The lowest BCUT2D eigenvalue weighted by Crippen LogP contribution is -2.04. The molecule has 2 heterocycles. The predicted molar refractivity (Wildman–Crippen MR) is 79.4 cm³/mol. The van der Waals surface area contributed by atoms with Crippen LogP contribution >= 0.6 is 0 Å². The molecule has 112 valence electrons. The highest BCUT2D eigenvalue weighted by Crippen LogP contribution is 2.23. The Hall–Kier alpha value is -2.60. The van der Waals surface area contributed by atoms with E-state index in [0.29, 0.717) is 17.9 Å². The van der Waals surface area contributed by atoms with E-state index < -0.39 is 0 Å². The van der Waals surface area contributed by atoms with Gasteiger partial charge in [-0.2, -0.15) is 5.10 Å². The molecule has 0 radical (unpaired) electrons. The maximum absolute atomic E-state index is 13.4. The van der Waals surface area contributed by atoms with Gasteiger partial charge in [-0.1, -0.05) is 6.07 Å². The van der Waals surface area contributed by atoms with Crippen molar-refractivity contribution in [2.75, 3.05) is 0 Å². The molecular formula is C16H15FN4O. The molecular weight excluding hydrogens is 283 g/mol. The smallest absolute Gasteiger partial charge is 0.175 e. The zero-order valence-corrected chi connectivity index (χ0v) is 12.1. The molecule has 0 unspecified atom stereocenters. The SMILES string of the molecule is Cc1cc(-c2ncccc2Cn2cnc(CO)n2)ccc1F. The summed E-state index contributed by atoms with van der Waals surface area (Å²) in [5.74, 6) is 0.146. The summed E-state index contributed by atoms with van der Waals surface area (Å²) in [5, 5.41) is 13.2. The van der Waals surface area contributed by atoms with Crippen molar-refractivity contribution in [2.45, 2.75) is 20.1 Å². The molecule has 5 nitrogen and oxygen atoms in total. The summed E-state index contributed by atoms with van der Waals surface area (Å²) in [5.41, 5.74) is 3.17. The number of aliphatic hydroxyl groups excluding tert-OH is 1. The Morgan fingerprint density at radius 2 is 2.09 bits per heavy atom. The minimum Gasteiger partial charge on any atom is -0.388 e. The van der Waals surface area contributed by atoms with E-state index in [0.717, 1.165) is 16.8 Å². The third-order valence-electron chi connectivity index (χ3n) is 3.38. The summed E-state index contributed by atoms with van der Waals surface area (Å²) >= 11 is 0. The van der Waals surface area contributed by atoms with E-state index in [4.69, 9.17) is 5.11 Å². The van der Waals surface area contributed by atoms with Crippen LogP contribution in [-0.2, 0) is 13.2 Å². The van der Waals surface area contributed by atoms with Gasteiger partial charge in [0, 0.05) is 11.8 Å². The summed E-state index contributed by atoms with van der Waals surface area (Å²) in [6, 6.07) is 8.74. The van der Waals surface area contributed by atoms with Gasteiger partial charge < -0.3 is 5.11 Å². The number of aryl methyl sites for hydroxylation is 1. The monoisotopic (exact) mass is 298 g/mol. The first-order valence-electron chi connectivity index (χ1n) is 6.87. The average Bonchev–Trinajstić information content (AvgIpc) is 2.98. The molecule has 0 aliphatic rings. The molecule has 6 heteroatoms. The topological polar surface area (TPSA) is 63.8 Å². The lowest BCUT2D eigenvalue weighted by Gasteiger charge is -2.09.